The predicted octanol–water partition coefficient (Wildman–Crippen LogP) is 2.96. The number of carbonyl (C=O) groups is 2. The van der Waals surface area contributed by atoms with E-state index < -0.39 is 6.29 Å². The summed E-state index contributed by atoms with van der Waals surface area (Å²) >= 11 is 0. The molecule has 1 saturated heterocycles. The zero-order chi connectivity index (χ0) is 20.2. The molecule has 8 nitrogen and oxygen atoms in total. The van der Waals surface area contributed by atoms with Crippen molar-refractivity contribution >= 4 is 17.8 Å². The summed E-state index contributed by atoms with van der Waals surface area (Å²) in [4.78, 5) is 24.7. The molecule has 4 N–H and O–H groups in total. The summed E-state index contributed by atoms with van der Waals surface area (Å²) < 4.78 is 1.64. The van der Waals surface area contributed by atoms with Crippen LogP contribution in [-0.2, 0) is 4.79 Å². The first kappa shape index (κ1) is 19.4. The minimum absolute atomic E-state index is 0.0158. The number of aromatic nitrogens is 2. The second-order valence-corrected chi connectivity index (χ2v) is 7.90. The lowest BCUT2D eigenvalue weighted by Gasteiger charge is -2.30. The van der Waals surface area contributed by atoms with E-state index in [0.717, 1.165) is 36.9 Å². The molecule has 2 unspecified atom stereocenters. The van der Waals surface area contributed by atoms with Crippen molar-refractivity contribution in [1.29, 1.82) is 0 Å². The molecule has 1 aliphatic carbocycles. The molecule has 154 valence electrons. The maximum Gasteiger partial charge on any atom is 0.320 e. The van der Waals surface area contributed by atoms with Crippen molar-refractivity contribution in [2.75, 3.05) is 5.32 Å². The fourth-order valence-corrected chi connectivity index (χ4v) is 4.01. The zero-order valence-electron chi connectivity index (χ0n) is 16.6. The topological polar surface area (TPSA) is 100 Å². The third-order valence-corrected chi connectivity index (χ3v) is 5.46. The van der Waals surface area contributed by atoms with Crippen LogP contribution in [0.2, 0.25) is 0 Å². The van der Waals surface area contributed by atoms with Gasteiger partial charge in [-0.15, -0.1) is 0 Å². The van der Waals surface area contributed by atoms with Crippen LogP contribution in [-0.4, -0.2) is 33.8 Å². The smallest absolute Gasteiger partial charge is 0.320 e. The Morgan fingerprint density at radius 2 is 1.93 bits per heavy atom. The van der Waals surface area contributed by atoms with Crippen LogP contribution < -0.4 is 21.3 Å². The van der Waals surface area contributed by atoms with Gasteiger partial charge in [-0.05, 0) is 19.8 Å². The highest BCUT2D eigenvalue weighted by Gasteiger charge is 2.27. The number of hydrogen-bond donors (Lipinski definition) is 4. The Morgan fingerprint density at radius 3 is 2.66 bits per heavy atom. The number of carbonyl (C=O) groups excluding carboxylic acids is 2. The molecule has 1 aliphatic heterocycles. The van der Waals surface area contributed by atoms with Crippen molar-refractivity contribution in [3.63, 3.8) is 0 Å². The van der Waals surface area contributed by atoms with E-state index >= 15 is 0 Å². The van der Waals surface area contributed by atoms with Crippen LogP contribution in [0.5, 0.6) is 0 Å². The molecular weight excluding hydrogens is 368 g/mol. The number of hydrogen-bond acceptors (Lipinski definition) is 4. The van der Waals surface area contributed by atoms with E-state index in [0.29, 0.717) is 12.2 Å². The Hall–Kier alpha value is -2.87. The second-order valence-electron chi connectivity index (χ2n) is 7.90. The maximum absolute atomic E-state index is 12.6. The van der Waals surface area contributed by atoms with Crippen molar-refractivity contribution in [3.05, 3.63) is 36.4 Å². The highest BCUT2D eigenvalue weighted by atomic mass is 16.2. The first-order valence-electron chi connectivity index (χ1n) is 10.4. The lowest BCUT2D eigenvalue weighted by atomic mass is 9.96. The Kier molecular flexibility index (Phi) is 5.80. The average molecular weight is 396 g/mol. The standard InChI is InChI=1S/C21H28N6O2/c1-14-12-19(28)25-20(22-14)27-18(13-17(26-27)15-8-4-2-5-9-15)24-21(29)23-16-10-6-3-7-11-16/h2,4-5,8-9,13-14,16,20,22H,3,6-7,10-12H2,1H3,(H,25,28)(H2,23,24,29). The fourth-order valence-electron chi connectivity index (χ4n) is 4.01. The van der Waals surface area contributed by atoms with Crippen LogP contribution in [0.25, 0.3) is 11.3 Å². The van der Waals surface area contributed by atoms with Gasteiger partial charge in [0, 0.05) is 30.1 Å². The van der Waals surface area contributed by atoms with Crippen LogP contribution in [0.4, 0.5) is 10.6 Å². The molecular formula is C21H28N6O2. The third-order valence-electron chi connectivity index (χ3n) is 5.46. The molecule has 2 fully saturated rings. The van der Waals surface area contributed by atoms with Gasteiger partial charge >= 0.3 is 6.03 Å². The summed E-state index contributed by atoms with van der Waals surface area (Å²) in [6.45, 7) is 1.95. The van der Waals surface area contributed by atoms with Crippen LogP contribution in [0, 0.1) is 0 Å². The normalized spacial score (nSPS) is 22.7. The second kappa shape index (κ2) is 8.65. The number of nitrogens with one attached hydrogen (secondary N) is 4. The number of nitrogens with zero attached hydrogens (tertiary/aromatic N) is 2. The highest BCUT2D eigenvalue weighted by molar-refractivity contribution is 5.89. The van der Waals surface area contributed by atoms with Gasteiger partial charge in [0.2, 0.25) is 5.91 Å². The van der Waals surface area contributed by atoms with Crippen molar-refractivity contribution < 1.29 is 9.59 Å². The SMILES string of the molecule is CC1CC(=O)NC(n2nc(-c3ccccc3)cc2NC(=O)NC2CCCCC2)N1. The fraction of sp³-hybridized carbons (Fsp3) is 0.476. The molecule has 0 radical (unpaired) electrons. The van der Waals surface area contributed by atoms with E-state index in [-0.39, 0.29) is 24.0 Å². The third kappa shape index (κ3) is 4.76. The van der Waals surface area contributed by atoms with E-state index in [4.69, 9.17) is 0 Å². The van der Waals surface area contributed by atoms with Crippen molar-refractivity contribution in [2.45, 2.75) is 63.8 Å². The lowest BCUT2D eigenvalue weighted by molar-refractivity contribution is -0.125. The van der Waals surface area contributed by atoms with Gasteiger partial charge in [0.05, 0.1) is 5.69 Å². The van der Waals surface area contributed by atoms with Crippen molar-refractivity contribution in [1.82, 2.24) is 25.7 Å². The zero-order valence-corrected chi connectivity index (χ0v) is 16.6. The Labute approximate surface area is 170 Å². The van der Waals surface area contributed by atoms with Crippen molar-refractivity contribution in [3.8, 4) is 11.3 Å². The molecule has 2 aliphatic rings. The Balaban J connectivity index is 1.57. The summed E-state index contributed by atoms with van der Waals surface area (Å²) in [5.41, 5.74) is 1.67. The van der Waals surface area contributed by atoms with Crippen molar-refractivity contribution in [2.24, 2.45) is 0 Å². The minimum Gasteiger partial charge on any atom is -0.335 e. The number of urea groups is 1. The monoisotopic (exact) mass is 396 g/mol. The van der Waals surface area contributed by atoms with Crippen LogP contribution >= 0.6 is 0 Å². The number of benzene rings is 1. The maximum atomic E-state index is 12.6. The number of amides is 3. The molecule has 1 aromatic heterocycles. The molecule has 29 heavy (non-hydrogen) atoms. The molecule has 0 bridgehead atoms. The van der Waals surface area contributed by atoms with E-state index in [1.54, 1.807) is 4.68 Å². The molecule has 1 saturated carbocycles. The molecule has 2 aromatic rings. The minimum atomic E-state index is -0.520. The van der Waals surface area contributed by atoms with Crippen LogP contribution in [0.1, 0.15) is 51.7 Å². The molecule has 3 amide bonds. The Morgan fingerprint density at radius 1 is 1.17 bits per heavy atom. The highest BCUT2D eigenvalue weighted by Crippen LogP contribution is 2.25. The largest absolute Gasteiger partial charge is 0.335 e. The van der Waals surface area contributed by atoms with E-state index in [1.165, 1.54) is 6.42 Å². The molecule has 1 aromatic carbocycles. The first-order valence-corrected chi connectivity index (χ1v) is 10.4. The molecule has 4 rings (SSSR count). The summed E-state index contributed by atoms with van der Waals surface area (Å²) in [5.74, 6) is 0.486. The van der Waals surface area contributed by atoms with Gasteiger partial charge in [0.15, 0.2) is 6.29 Å². The quantitative estimate of drug-likeness (QED) is 0.638. The predicted molar refractivity (Wildman–Crippen MR) is 111 cm³/mol. The summed E-state index contributed by atoms with van der Waals surface area (Å²) in [6.07, 6.45) is 5.45. The summed E-state index contributed by atoms with van der Waals surface area (Å²) in [6, 6.07) is 11.6. The van der Waals surface area contributed by atoms with Gasteiger partial charge in [-0.2, -0.15) is 5.10 Å². The summed E-state index contributed by atoms with van der Waals surface area (Å²) in [5, 5.41) is 16.9. The van der Waals surface area contributed by atoms with Gasteiger partial charge in [0.25, 0.3) is 0 Å². The molecule has 2 heterocycles. The van der Waals surface area contributed by atoms with E-state index in [1.807, 2.05) is 43.3 Å². The van der Waals surface area contributed by atoms with Gasteiger partial charge in [-0.25, -0.2) is 9.48 Å². The first-order chi connectivity index (χ1) is 14.1. The van der Waals surface area contributed by atoms with Gasteiger partial charge in [-0.1, -0.05) is 49.6 Å². The molecule has 2 atom stereocenters. The van der Waals surface area contributed by atoms with Gasteiger partial charge in [-0.3, -0.25) is 15.4 Å². The lowest BCUT2D eigenvalue weighted by Crippen LogP contribution is -2.52. The number of rotatable bonds is 4. The molecule has 0 spiro atoms. The van der Waals surface area contributed by atoms with E-state index in [9.17, 15) is 9.59 Å². The molecule has 8 heteroatoms. The average Bonchev–Trinajstić information content (AvgIpc) is 3.12. The Bertz CT molecular complexity index is 859. The van der Waals surface area contributed by atoms with Crippen LogP contribution in [0.3, 0.4) is 0 Å². The summed E-state index contributed by atoms with van der Waals surface area (Å²) in [7, 11) is 0. The number of anilines is 1. The van der Waals surface area contributed by atoms with E-state index in [2.05, 4.69) is 26.4 Å². The van der Waals surface area contributed by atoms with Crippen LogP contribution in [0.15, 0.2) is 36.4 Å². The van der Waals surface area contributed by atoms with Gasteiger partial charge < -0.3 is 10.6 Å². The van der Waals surface area contributed by atoms with Gasteiger partial charge in [0.1, 0.15) is 5.82 Å².